The average Bonchev–Trinajstić information content (AvgIpc) is 3.03. The number of nitro benzene ring substituents is 1. The summed E-state index contributed by atoms with van der Waals surface area (Å²) in [7, 11) is 0. The van der Waals surface area contributed by atoms with Gasteiger partial charge < -0.3 is 9.84 Å². The minimum Gasteiger partial charge on any atom is -0.388 e. The monoisotopic (exact) mass is 221 g/mol. The quantitative estimate of drug-likeness (QED) is 0.446. The van der Waals surface area contributed by atoms with Crippen LogP contribution in [0.25, 0.3) is 0 Å². The first-order valence-corrected chi connectivity index (χ1v) is 5.28. The van der Waals surface area contributed by atoms with Crippen molar-refractivity contribution in [1.29, 1.82) is 0 Å². The number of non-ortho nitro benzene ring substituents is 1. The van der Waals surface area contributed by atoms with Crippen LogP contribution in [0.1, 0.15) is 36.2 Å². The van der Waals surface area contributed by atoms with Crippen LogP contribution in [-0.2, 0) is 4.74 Å². The van der Waals surface area contributed by atoms with E-state index in [4.69, 9.17) is 4.74 Å². The van der Waals surface area contributed by atoms with Gasteiger partial charge in [0.05, 0.1) is 17.1 Å². The normalized spacial score (nSPS) is 31.2. The third kappa shape index (κ3) is 1.40. The van der Waals surface area contributed by atoms with Crippen LogP contribution in [0.4, 0.5) is 5.69 Å². The van der Waals surface area contributed by atoms with Crippen molar-refractivity contribution >= 4 is 5.69 Å². The Bertz CT molecular complexity index is 459. The first kappa shape index (κ1) is 9.74. The van der Waals surface area contributed by atoms with E-state index < -0.39 is 11.0 Å². The maximum Gasteiger partial charge on any atom is 0.269 e. The van der Waals surface area contributed by atoms with Crippen LogP contribution >= 0.6 is 0 Å². The second-order valence-electron chi connectivity index (χ2n) is 4.26. The predicted molar refractivity (Wildman–Crippen MR) is 54.9 cm³/mol. The smallest absolute Gasteiger partial charge is 0.269 e. The number of ether oxygens (including phenoxy) is 1. The topological polar surface area (TPSA) is 75.9 Å². The van der Waals surface area contributed by atoms with E-state index in [1.165, 1.54) is 12.1 Å². The minimum atomic E-state index is -0.605. The van der Waals surface area contributed by atoms with Gasteiger partial charge in [0.15, 0.2) is 0 Å². The molecule has 2 aliphatic rings. The molecule has 0 unspecified atom stereocenters. The van der Waals surface area contributed by atoms with E-state index in [9.17, 15) is 15.2 Å². The van der Waals surface area contributed by atoms with E-state index in [1.807, 2.05) is 0 Å². The van der Waals surface area contributed by atoms with Gasteiger partial charge in [0.1, 0.15) is 6.10 Å². The van der Waals surface area contributed by atoms with Crippen LogP contribution in [0.15, 0.2) is 18.2 Å². The lowest BCUT2D eigenvalue weighted by atomic mass is 10.00. The van der Waals surface area contributed by atoms with Gasteiger partial charge in [-0.3, -0.25) is 10.1 Å². The van der Waals surface area contributed by atoms with Crippen LogP contribution in [0, 0.1) is 10.1 Å². The molecule has 1 aliphatic heterocycles. The van der Waals surface area contributed by atoms with E-state index in [1.54, 1.807) is 6.07 Å². The van der Waals surface area contributed by atoms with Gasteiger partial charge in [-0.05, 0) is 30.0 Å². The summed E-state index contributed by atoms with van der Waals surface area (Å²) in [5.41, 5.74) is 1.58. The largest absolute Gasteiger partial charge is 0.388 e. The highest BCUT2D eigenvalue weighted by Crippen LogP contribution is 2.48. The fraction of sp³-hybridized carbons (Fsp3) is 0.455. The minimum absolute atomic E-state index is 0.0249. The number of epoxide rings is 1. The summed E-state index contributed by atoms with van der Waals surface area (Å²) in [6, 6.07) is 4.63. The summed E-state index contributed by atoms with van der Waals surface area (Å²) >= 11 is 0. The van der Waals surface area contributed by atoms with Gasteiger partial charge in [0.25, 0.3) is 5.69 Å². The Kier molecular flexibility index (Phi) is 1.99. The standard InChI is InChI=1S/C11H11NO4/c13-9-3-4-10-11(16-10)7-2-1-6(12(14)15)5-8(7)9/h1-2,5,9-11,13H,3-4H2/t9-,10-,11+/m0/s1. The Balaban J connectivity index is 2.08. The molecule has 1 aromatic rings. The molecule has 0 saturated carbocycles. The molecule has 1 aliphatic carbocycles. The summed E-state index contributed by atoms with van der Waals surface area (Å²) in [5.74, 6) is 0. The highest BCUT2D eigenvalue weighted by molar-refractivity contribution is 5.44. The number of hydrogen-bond donors (Lipinski definition) is 1. The zero-order chi connectivity index (χ0) is 11.3. The van der Waals surface area contributed by atoms with Crippen molar-refractivity contribution in [3.05, 3.63) is 39.4 Å². The molecule has 0 radical (unpaired) electrons. The van der Waals surface area contributed by atoms with Crippen molar-refractivity contribution in [1.82, 2.24) is 0 Å². The van der Waals surface area contributed by atoms with Gasteiger partial charge in [0.2, 0.25) is 0 Å². The maximum absolute atomic E-state index is 10.7. The van der Waals surface area contributed by atoms with E-state index in [0.717, 1.165) is 12.0 Å². The number of fused-ring (bicyclic) bond motifs is 3. The van der Waals surface area contributed by atoms with Crippen LogP contribution in [0.5, 0.6) is 0 Å². The molecule has 0 aromatic heterocycles. The van der Waals surface area contributed by atoms with Gasteiger partial charge in [-0.1, -0.05) is 0 Å². The van der Waals surface area contributed by atoms with E-state index >= 15 is 0 Å². The summed E-state index contributed by atoms with van der Waals surface area (Å²) in [5, 5.41) is 20.6. The molecular weight excluding hydrogens is 210 g/mol. The van der Waals surface area contributed by atoms with Gasteiger partial charge in [-0.2, -0.15) is 0 Å². The highest BCUT2D eigenvalue weighted by Gasteiger charge is 2.44. The Labute approximate surface area is 91.8 Å². The first-order valence-electron chi connectivity index (χ1n) is 5.28. The number of aliphatic hydroxyl groups excluding tert-OH is 1. The van der Waals surface area contributed by atoms with Gasteiger partial charge in [0, 0.05) is 12.1 Å². The summed E-state index contributed by atoms with van der Waals surface area (Å²) in [6.07, 6.45) is 1.04. The highest BCUT2D eigenvalue weighted by atomic mass is 16.6. The molecule has 16 heavy (non-hydrogen) atoms. The molecule has 1 aromatic carbocycles. The van der Waals surface area contributed by atoms with Crippen molar-refractivity contribution in [3.8, 4) is 0 Å². The number of rotatable bonds is 1. The zero-order valence-electron chi connectivity index (χ0n) is 8.50. The molecule has 1 fully saturated rings. The van der Waals surface area contributed by atoms with E-state index in [0.29, 0.717) is 12.0 Å². The predicted octanol–water partition coefficient (Wildman–Crippen LogP) is 1.86. The van der Waals surface area contributed by atoms with Gasteiger partial charge in [-0.15, -0.1) is 0 Å². The second kappa shape index (κ2) is 3.26. The maximum atomic E-state index is 10.7. The molecule has 0 bridgehead atoms. The fourth-order valence-corrected chi connectivity index (χ4v) is 2.34. The Morgan fingerprint density at radius 2 is 2.19 bits per heavy atom. The molecule has 1 N–H and O–H groups in total. The molecule has 1 saturated heterocycles. The van der Waals surface area contributed by atoms with Crippen molar-refractivity contribution in [3.63, 3.8) is 0 Å². The number of aliphatic hydroxyl groups is 1. The van der Waals surface area contributed by atoms with Gasteiger partial charge >= 0.3 is 0 Å². The van der Waals surface area contributed by atoms with Crippen molar-refractivity contribution < 1.29 is 14.8 Å². The lowest BCUT2D eigenvalue weighted by Crippen LogP contribution is -2.01. The molecule has 1 heterocycles. The van der Waals surface area contributed by atoms with Crippen LogP contribution < -0.4 is 0 Å². The fourth-order valence-electron chi connectivity index (χ4n) is 2.34. The number of nitro groups is 1. The average molecular weight is 221 g/mol. The lowest BCUT2D eigenvalue weighted by Gasteiger charge is -2.11. The van der Waals surface area contributed by atoms with E-state index in [2.05, 4.69) is 0 Å². The van der Waals surface area contributed by atoms with Crippen LogP contribution in [0.3, 0.4) is 0 Å². The van der Waals surface area contributed by atoms with Crippen molar-refractivity contribution in [2.75, 3.05) is 0 Å². The SMILES string of the molecule is O=[N+]([O-])c1ccc2c(c1)[C@@H](O)CC[C@@H]1O[C@H]21. The molecule has 3 atom stereocenters. The van der Waals surface area contributed by atoms with Crippen molar-refractivity contribution in [2.45, 2.75) is 31.2 Å². The first-order chi connectivity index (χ1) is 7.66. The van der Waals surface area contributed by atoms with Crippen molar-refractivity contribution in [2.24, 2.45) is 0 Å². The second-order valence-corrected chi connectivity index (χ2v) is 4.26. The molecule has 3 rings (SSSR count). The molecule has 84 valence electrons. The molecule has 5 nitrogen and oxygen atoms in total. The third-order valence-electron chi connectivity index (χ3n) is 3.25. The molecule has 0 spiro atoms. The summed E-state index contributed by atoms with van der Waals surface area (Å²) < 4.78 is 5.45. The molecule has 0 amide bonds. The lowest BCUT2D eigenvalue weighted by molar-refractivity contribution is -0.385. The van der Waals surface area contributed by atoms with E-state index in [-0.39, 0.29) is 17.9 Å². The molecule has 5 heteroatoms. The summed E-state index contributed by atoms with van der Waals surface area (Å²) in [4.78, 5) is 10.2. The summed E-state index contributed by atoms with van der Waals surface area (Å²) in [6.45, 7) is 0. The molecular formula is C11H11NO4. The van der Waals surface area contributed by atoms with Gasteiger partial charge in [-0.25, -0.2) is 0 Å². The Hall–Kier alpha value is -1.46. The van der Waals surface area contributed by atoms with Crippen LogP contribution in [-0.4, -0.2) is 16.1 Å². The zero-order valence-corrected chi connectivity index (χ0v) is 8.50. The Morgan fingerprint density at radius 1 is 1.38 bits per heavy atom. The Morgan fingerprint density at radius 3 is 2.94 bits per heavy atom. The number of benzene rings is 1. The van der Waals surface area contributed by atoms with Crippen LogP contribution in [0.2, 0.25) is 0 Å². The third-order valence-corrected chi connectivity index (χ3v) is 3.25. The number of nitrogens with zero attached hydrogens (tertiary/aromatic N) is 1. The number of hydrogen-bond acceptors (Lipinski definition) is 4.